The maximum Gasteiger partial charge on any atom is 0.0716 e. The monoisotopic (exact) mass is 262 g/mol. The first-order chi connectivity index (χ1) is 9.25. The molecule has 0 spiro atoms. The third-order valence-electron chi connectivity index (χ3n) is 3.81. The van der Waals surface area contributed by atoms with Gasteiger partial charge < -0.3 is 15.0 Å². The highest BCUT2D eigenvalue weighted by Gasteiger charge is 2.08. The molecule has 3 nitrogen and oxygen atoms in total. The molecule has 0 aromatic heterocycles. The van der Waals surface area contributed by atoms with Gasteiger partial charge in [-0.2, -0.15) is 0 Å². The highest BCUT2D eigenvalue weighted by Crippen LogP contribution is 2.10. The van der Waals surface area contributed by atoms with Gasteiger partial charge >= 0.3 is 0 Å². The molecule has 0 atom stereocenters. The zero-order valence-corrected chi connectivity index (χ0v) is 12.2. The van der Waals surface area contributed by atoms with E-state index in [1.807, 2.05) is 0 Å². The van der Waals surface area contributed by atoms with Crippen LogP contribution in [0.2, 0.25) is 0 Å². The molecule has 1 saturated heterocycles. The number of nitrogens with zero attached hydrogens (tertiary/aromatic N) is 1. The Balaban J connectivity index is 1.59. The van der Waals surface area contributed by atoms with Crippen molar-refractivity contribution in [3.63, 3.8) is 0 Å². The second kappa shape index (κ2) is 7.63. The predicted octanol–water partition coefficient (Wildman–Crippen LogP) is 2.12. The topological polar surface area (TPSA) is 24.5 Å². The number of nitrogens with one attached hydrogen (secondary N) is 1. The molecule has 0 aliphatic carbocycles. The molecule has 1 aromatic rings. The molecule has 0 saturated carbocycles. The number of piperazine rings is 1. The highest BCUT2D eigenvalue weighted by molar-refractivity contribution is 5.29. The number of aryl methyl sites for hydroxylation is 2. The predicted molar refractivity (Wildman–Crippen MR) is 79.5 cm³/mol. The van der Waals surface area contributed by atoms with Crippen molar-refractivity contribution in [2.75, 3.05) is 39.3 Å². The maximum absolute atomic E-state index is 5.76. The van der Waals surface area contributed by atoms with Gasteiger partial charge in [0.05, 0.1) is 6.61 Å². The van der Waals surface area contributed by atoms with E-state index in [9.17, 15) is 0 Å². The fraction of sp³-hybridized carbons (Fsp3) is 0.625. The summed E-state index contributed by atoms with van der Waals surface area (Å²) in [6.45, 7) is 11.7. The van der Waals surface area contributed by atoms with Gasteiger partial charge in [-0.1, -0.05) is 18.2 Å². The lowest BCUT2D eigenvalue weighted by atomic mass is 10.1. The van der Waals surface area contributed by atoms with Crippen molar-refractivity contribution in [1.82, 2.24) is 10.2 Å². The Kier molecular flexibility index (Phi) is 5.83. The second-order valence-electron chi connectivity index (χ2n) is 5.42. The van der Waals surface area contributed by atoms with Crippen LogP contribution in [0.5, 0.6) is 0 Å². The molecule has 1 aliphatic heterocycles. The lowest BCUT2D eigenvalue weighted by molar-refractivity contribution is 0.106. The van der Waals surface area contributed by atoms with E-state index >= 15 is 0 Å². The van der Waals surface area contributed by atoms with Gasteiger partial charge in [0.25, 0.3) is 0 Å². The van der Waals surface area contributed by atoms with Gasteiger partial charge in [0, 0.05) is 39.3 Å². The fourth-order valence-electron chi connectivity index (χ4n) is 2.41. The van der Waals surface area contributed by atoms with Crippen LogP contribution in [0, 0.1) is 13.8 Å². The number of benzene rings is 1. The average molecular weight is 262 g/mol. The van der Waals surface area contributed by atoms with E-state index in [1.165, 1.54) is 29.8 Å². The standard InChI is InChI=1S/C16H26N2O/c1-14-4-5-16(12-15(14)2)13-19-11-3-8-18-9-6-17-7-10-18/h4-5,12,17H,3,6-11,13H2,1-2H3. The smallest absolute Gasteiger partial charge is 0.0716 e. The minimum atomic E-state index is 0.739. The van der Waals surface area contributed by atoms with E-state index in [1.54, 1.807) is 0 Å². The van der Waals surface area contributed by atoms with Crippen LogP contribution < -0.4 is 5.32 Å². The summed E-state index contributed by atoms with van der Waals surface area (Å²) in [5.74, 6) is 0. The van der Waals surface area contributed by atoms with Crippen LogP contribution in [-0.4, -0.2) is 44.2 Å². The summed E-state index contributed by atoms with van der Waals surface area (Å²) >= 11 is 0. The van der Waals surface area contributed by atoms with Crippen molar-refractivity contribution in [3.8, 4) is 0 Å². The average Bonchev–Trinajstić information content (AvgIpc) is 2.43. The van der Waals surface area contributed by atoms with Crippen LogP contribution in [0.15, 0.2) is 18.2 Å². The van der Waals surface area contributed by atoms with E-state index in [2.05, 4.69) is 42.3 Å². The van der Waals surface area contributed by atoms with Crippen molar-refractivity contribution in [3.05, 3.63) is 34.9 Å². The molecule has 1 heterocycles. The molecule has 1 aromatic carbocycles. The molecule has 1 N–H and O–H groups in total. The first-order valence-corrected chi connectivity index (χ1v) is 7.32. The van der Waals surface area contributed by atoms with Crippen LogP contribution >= 0.6 is 0 Å². The zero-order valence-electron chi connectivity index (χ0n) is 12.2. The van der Waals surface area contributed by atoms with Crippen LogP contribution in [0.25, 0.3) is 0 Å². The van der Waals surface area contributed by atoms with E-state index in [-0.39, 0.29) is 0 Å². The molecule has 19 heavy (non-hydrogen) atoms. The molecule has 0 amide bonds. The van der Waals surface area contributed by atoms with Crippen molar-refractivity contribution in [1.29, 1.82) is 0 Å². The minimum Gasteiger partial charge on any atom is -0.377 e. The Bertz CT molecular complexity index is 386. The molecule has 1 fully saturated rings. The fourth-order valence-corrected chi connectivity index (χ4v) is 2.41. The van der Waals surface area contributed by atoms with E-state index in [0.29, 0.717) is 0 Å². The molecular formula is C16H26N2O. The first-order valence-electron chi connectivity index (χ1n) is 7.32. The van der Waals surface area contributed by atoms with Gasteiger partial charge in [-0.3, -0.25) is 0 Å². The molecule has 1 aliphatic rings. The van der Waals surface area contributed by atoms with E-state index in [0.717, 1.165) is 39.3 Å². The second-order valence-corrected chi connectivity index (χ2v) is 5.42. The third kappa shape index (κ3) is 4.94. The molecule has 3 heteroatoms. The van der Waals surface area contributed by atoms with Gasteiger partial charge in [-0.25, -0.2) is 0 Å². The quantitative estimate of drug-likeness (QED) is 0.795. The number of hydrogen-bond donors (Lipinski definition) is 1. The SMILES string of the molecule is Cc1ccc(COCCCN2CCNCC2)cc1C. The Labute approximate surface area is 116 Å². The first kappa shape index (κ1) is 14.5. The van der Waals surface area contributed by atoms with Crippen molar-refractivity contribution in [2.45, 2.75) is 26.9 Å². The van der Waals surface area contributed by atoms with Crippen LogP contribution in [0.3, 0.4) is 0 Å². The zero-order chi connectivity index (χ0) is 13.5. The van der Waals surface area contributed by atoms with Gasteiger partial charge in [0.15, 0.2) is 0 Å². The molecule has 0 bridgehead atoms. The summed E-state index contributed by atoms with van der Waals surface area (Å²) in [4.78, 5) is 2.51. The van der Waals surface area contributed by atoms with Crippen LogP contribution in [0.4, 0.5) is 0 Å². The summed E-state index contributed by atoms with van der Waals surface area (Å²) in [5, 5.41) is 3.37. The third-order valence-corrected chi connectivity index (χ3v) is 3.81. The number of hydrogen-bond acceptors (Lipinski definition) is 3. The van der Waals surface area contributed by atoms with Crippen molar-refractivity contribution < 1.29 is 4.74 Å². The highest BCUT2D eigenvalue weighted by atomic mass is 16.5. The van der Waals surface area contributed by atoms with E-state index in [4.69, 9.17) is 4.74 Å². The minimum absolute atomic E-state index is 0.739. The lowest BCUT2D eigenvalue weighted by Crippen LogP contribution is -2.43. The van der Waals surface area contributed by atoms with Gasteiger partial charge in [0.1, 0.15) is 0 Å². The van der Waals surface area contributed by atoms with Gasteiger partial charge in [0.2, 0.25) is 0 Å². The largest absolute Gasteiger partial charge is 0.377 e. The molecule has 0 radical (unpaired) electrons. The molecule has 2 rings (SSSR count). The summed E-state index contributed by atoms with van der Waals surface area (Å²) < 4.78 is 5.76. The van der Waals surface area contributed by atoms with Crippen LogP contribution in [0.1, 0.15) is 23.1 Å². The summed E-state index contributed by atoms with van der Waals surface area (Å²) in [6, 6.07) is 6.57. The van der Waals surface area contributed by atoms with Gasteiger partial charge in [-0.15, -0.1) is 0 Å². The molecular weight excluding hydrogens is 236 g/mol. The number of ether oxygens (including phenoxy) is 1. The molecule has 0 unspecified atom stereocenters. The molecule has 106 valence electrons. The number of rotatable bonds is 6. The van der Waals surface area contributed by atoms with Crippen molar-refractivity contribution in [2.24, 2.45) is 0 Å². The van der Waals surface area contributed by atoms with Crippen LogP contribution in [-0.2, 0) is 11.3 Å². The Hall–Kier alpha value is -0.900. The Morgan fingerprint density at radius 1 is 1.16 bits per heavy atom. The van der Waals surface area contributed by atoms with Gasteiger partial charge in [-0.05, 0) is 37.0 Å². The summed E-state index contributed by atoms with van der Waals surface area (Å²) in [7, 11) is 0. The van der Waals surface area contributed by atoms with Crippen molar-refractivity contribution >= 4 is 0 Å². The summed E-state index contributed by atoms with van der Waals surface area (Å²) in [6.07, 6.45) is 1.13. The lowest BCUT2D eigenvalue weighted by Gasteiger charge is -2.26. The normalized spacial score (nSPS) is 16.7. The Morgan fingerprint density at radius 3 is 2.68 bits per heavy atom. The summed E-state index contributed by atoms with van der Waals surface area (Å²) in [5.41, 5.74) is 3.98. The maximum atomic E-state index is 5.76. The Morgan fingerprint density at radius 2 is 1.95 bits per heavy atom. The van der Waals surface area contributed by atoms with E-state index < -0.39 is 0 Å².